The van der Waals surface area contributed by atoms with Crippen molar-refractivity contribution < 1.29 is 28.6 Å². The SMILES string of the molecule is CCCCCCCC/C=C\C/C=C\C/C=C\CCCC(=O)OC(COC(=O)CCCCCCCCCCCCCCCCCCCCCCC)COC(=O)CCCCCCCCCCCCCCCCCCCCCCC. The molecule has 0 fully saturated rings. The summed E-state index contributed by atoms with van der Waals surface area (Å²) in [6.07, 6.45) is 81.7. The summed E-state index contributed by atoms with van der Waals surface area (Å²) in [5, 5.41) is 0. The van der Waals surface area contributed by atoms with E-state index >= 15 is 0 Å². The van der Waals surface area contributed by atoms with Crippen molar-refractivity contribution in [2.45, 2.75) is 386 Å². The van der Waals surface area contributed by atoms with Crippen LogP contribution in [0, 0.1) is 0 Å². The van der Waals surface area contributed by atoms with E-state index in [1.807, 2.05) is 0 Å². The van der Waals surface area contributed by atoms with Gasteiger partial charge in [0, 0.05) is 19.3 Å². The molecule has 0 heterocycles. The minimum absolute atomic E-state index is 0.0864. The molecule has 0 aliphatic heterocycles. The molecular formula is C71H132O6. The molecular weight excluding hydrogens is 949 g/mol. The van der Waals surface area contributed by atoms with E-state index in [1.165, 1.54) is 276 Å². The molecule has 0 saturated carbocycles. The lowest BCUT2D eigenvalue weighted by Gasteiger charge is -2.18. The summed E-state index contributed by atoms with van der Waals surface area (Å²) in [4.78, 5) is 38.4. The quantitative estimate of drug-likeness (QED) is 0.0261. The fourth-order valence-electron chi connectivity index (χ4n) is 10.5. The van der Waals surface area contributed by atoms with E-state index < -0.39 is 6.10 Å². The van der Waals surface area contributed by atoms with Gasteiger partial charge in [0.25, 0.3) is 0 Å². The molecule has 0 spiro atoms. The first-order chi connectivity index (χ1) is 38.0. The summed E-state index contributed by atoms with van der Waals surface area (Å²) in [7, 11) is 0. The zero-order valence-corrected chi connectivity index (χ0v) is 52.0. The zero-order chi connectivity index (χ0) is 55.7. The van der Waals surface area contributed by atoms with Gasteiger partial charge in [-0.05, 0) is 51.4 Å². The molecule has 0 saturated heterocycles. The average Bonchev–Trinajstić information content (AvgIpc) is 3.43. The predicted molar refractivity (Wildman–Crippen MR) is 335 cm³/mol. The van der Waals surface area contributed by atoms with E-state index in [-0.39, 0.29) is 37.5 Å². The van der Waals surface area contributed by atoms with Crippen molar-refractivity contribution in [1.29, 1.82) is 0 Å². The highest BCUT2D eigenvalue weighted by Gasteiger charge is 2.19. The van der Waals surface area contributed by atoms with Gasteiger partial charge < -0.3 is 14.2 Å². The second-order valence-electron chi connectivity index (χ2n) is 23.5. The molecule has 0 aromatic carbocycles. The van der Waals surface area contributed by atoms with E-state index in [0.717, 1.165) is 57.8 Å². The molecule has 0 unspecified atom stereocenters. The van der Waals surface area contributed by atoms with E-state index in [0.29, 0.717) is 19.3 Å². The van der Waals surface area contributed by atoms with E-state index in [4.69, 9.17) is 14.2 Å². The minimum atomic E-state index is -0.796. The standard InChI is InChI=1S/C71H132O6/c1-4-7-10-13-16-19-22-25-28-31-33-35-37-40-42-45-48-51-54-57-60-63-69(72)75-66-68(77-71(74)65-62-59-56-53-50-47-44-39-30-27-24-21-18-15-12-9-6-3)67-76-70(73)64-61-58-55-52-49-46-43-41-38-36-34-32-29-26-23-20-17-14-11-8-5-2/h27,30,44,47,53,56,68H,4-26,28-29,31-43,45-46,48-52,54-55,57-67H2,1-3H3/b30-27-,47-44-,56-53-. The first-order valence-corrected chi connectivity index (χ1v) is 34.5. The van der Waals surface area contributed by atoms with Crippen LogP contribution in [0.2, 0.25) is 0 Å². The van der Waals surface area contributed by atoms with Crippen molar-refractivity contribution in [2.24, 2.45) is 0 Å². The number of allylic oxidation sites excluding steroid dienone is 6. The number of esters is 3. The maximum absolute atomic E-state index is 12.9. The van der Waals surface area contributed by atoms with Gasteiger partial charge in [0.2, 0.25) is 0 Å². The Labute approximate surface area is 480 Å². The summed E-state index contributed by atoms with van der Waals surface area (Å²) in [5.41, 5.74) is 0. The van der Waals surface area contributed by atoms with Crippen molar-refractivity contribution in [3.63, 3.8) is 0 Å². The predicted octanol–water partition coefficient (Wildman–Crippen LogP) is 23.6. The Morgan fingerprint density at radius 1 is 0.260 bits per heavy atom. The molecule has 0 aliphatic carbocycles. The maximum atomic E-state index is 12.9. The fourth-order valence-corrected chi connectivity index (χ4v) is 10.5. The van der Waals surface area contributed by atoms with Crippen LogP contribution in [0.25, 0.3) is 0 Å². The van der Waals surface area contributed by atoms with Gasteiger partial charge in [0.15, 0.2) is 6.10 Å². The number of ether oxygens (including phenoxy) is 3. The van der Waals surface area contributed by atoms with Crippen LogP contribution in [0.1, 0.15) is 380 Å². The van der Waals surface area contributed by atoms with E-state index in [9.17, 15) is 14.4 Å². The van der Waals surface area contributed by atoms with Crippen LogP contribution in [0.15, 0.2) is 36.5 Å². The summed E-state index contributed by atoms with van der Waals surface area (Å²) in [6, 6.07) is 0. The topological polar surface area (TPSA) is 78.9 Å². The van der Waals surface area contributed by atoms with Crippen LogP contribution in [0.4, 0.5) is 0 Å². The van der Waals surface area contributed by atoms with Gasteiger partial charge in [0.1, 0.15) is 13.2 Å². The molecule has 0 bridgehead atoms. The van der Waals surface area contributed by atoms with Gasteiger partial charge in [-0.1, -0.05) is 346 Å². The number of carbonyl (C=O) groups is 3. The van der Waals surface area contributed by atoms with Crippen molar-refractivity contribution in [3.05, 3.63) is 36.5 Å². The Balaban J connectivity index is 4.34. The molecule has 452 valence electrons. The summed E-state index contributed by atoms with van der Waals surface area (Å²) in [5.74, 6) is -0.909. The zero-order valence-electron chi connectivity index (χ0n) is 52.0. The number of unbranched alkanes of at least 4 members (excludes halogenated alkanes) is 47. The van der Waals surface area contributed by atoms with Gasteiger partial charge >= 0.3 is 17.9 Å². The summed E-state index contributed by atoms with van der Waals surface area (Å²) < 4.78 is 16.9. The third-order valence-corrected chi connectivity index (χ3v) is 15.6. The highest BCUT2D eigenvalue weighted by atomic mass is 16.6. The third-order valence-electron chi connectivity index (χ3n) is 15.6. The van der Waals surface area contributed by atoms with Crippen LogP contribution < -0.4 is 0 Å². The number of carbonyl (C=O) groups excluding carboxylic acids is 3. The highest BCUT2D eigenvalue weighted by Crippen LogP contribution is 2.18. The van der Waals surface area contributed by atoms with Crippen molar-refractivity contribution in [1.82, 2.24) is 0 Å². The van der Waals surface area contributed by atoms with E-state index in [1.54, 1.807) is 0 Å². The number of hydrogen-bond acceptors (Lipinski definition) is 6. The van der Waals surface area contributed by atoms with Crippen LogP contribution >= 0.6 is 0 Å². The molecule has 0 amide bonds. The van der Waals surface area contributed by atoms with Gasteiger partial charge in [-0.15, -0.1) is 0 Å². The van der Waals surface area contributed by atoms with Crippen LogP contribution in [-0.4, -0.2) is 37.2 Å². The molecule has 0 N–H and O–H groups in total. The number of hydrogen-bond donors (Lipinski definition) is 0. The summed E-state index contributed by atoms with van der Waals surface area (Å²) in [6.45, 7) is 6.67. The molecule has 0 atom stereocenters. The minimum Gasteiger partial charge on any atom is -0.462 e. The lowest BCUT2D eigenvalue weighted by Crippen LogP contribution is -2.30. The normalized spacial score (nSPS) is 11.8. The Bertz CT molecular complexity index is 1220. The Hall–Kier alpha value is -2.37. The van der Waals surface area contributed by atoms with Crippen LogP contribution in [-0.2, 0) is 28.6 Å². The molecule has 0 rings (SSSR count). The van der Waals surface area contributed by atoms with Gasteiger partial charge in [0.05, 0.1) is 0 Å². The molecule has 0 aromatic heterocycles. The maximum Gasteiger partial charge on any atom is 0.306 e. The monoisotopic (exact) mass is 1080 g/mol. The third kappa shape index (κ3) is 64.3. The fraction of sp³-hybridized carbons (Fsp3) is 0.873. The van der Waals surface area contributed by atoms with Crippen molar-refractivity contribution in [2.75, 3.05) is 13.2 Å². The molecule has 6 nitrogen and oxygen atoms in total. The highest BCUT2D eigenvalue weighted by molar-refractivity contribution is 5.71. The smallest absolute Gasteiger partial charge is 0.306 e. The first-order valence-electron chi connectivity index (χ1n) is 34.5. The lowest BCUT2D eigenvalue weighted by molar-refractivity contribution is -0.167. The molecule has 77 heavy (non-hydrogen) atoms. The first kappa shape index (κ1) is 74.6. The lowest BCUT2D eigenvalue weighted by atomic mass is 10.0. The second kappa shape index (κ2) is 66.1. The molecule has 6 heteroatoms. The van der Waals surface area contributed by atoms with Gasteiger partial charge in [-0.3, -0.25) is 14.4 Å². The second-order valence-corrected chi connectivity index (χ2v) is 23.5. The van der Waals surface area contributed by atoms with Crippen LogP contribution in [0.3, 0.4) is 0 Å². The Morgan fingerprint density at radius 3 is 0.766 bits per heavy atom. The molecule has 0 aliphatic rings. The largest absolute Gasteiger partial charge is 0.462 e. The van der Waals surface area contributed by atoms with Crippen molar-refractivity contribution in [3.8, 4) is 0 Å². The average molecular weight is 1080 g/mol. The van der Waals surface area contributed by atoms with Crippen molar-refractivity contribution >= 4 is 17.9 Å². The van der Waals surface area contributed by atoms with Gasteiger partial charge in [-0.2, -0.15) is 0 Å². The van der Waals surface area contributed by atoms with E-state index in [2.05, 4.69) is 57.2 Å². The number of rotatable bonds is 64. The van der Waals surface area contributed by atoms with Gasteiger partial charge in [-0.25, -0.2) is 0 Å². The Kier molecular flexibility index (Phi) is 64.1. The van der Waals surface area contributed by atoms with Crippen LogP contribution in [0.5, 0.6) is 0 Å². The Morgan fingerprint density at radius 2 is 0.481 bits per heavy atom. The molecule has 0 radical (unpaired) electrons. The summed E-state index contributed by atoms with van der Waals surface area (Å²) >= 11 is 0. The molecule has 0 aromatic rings.